The number of aromatic nitrogens is 2. The van der Waals surface area contributed by atoms with Gasteiger partial charge in [-0.1, -0.05) is 6.07 Å². The van der Waals surface area contributed by atoms with Crippen molar-refractivity contribution in [2.75, 3.05) is 0 Å². The van der Waals surface area contributed by atoms with Crippen LogP contribution < -0.4 is 11.3 Å². The Morgan fingerprint density at radius 1 is 1.47 bits per heavy atom. The van der Waals surface area contributed by atoms with E-state index in [4.69, 9.17) is 5.73 Å². The molecule has 0 aliphatic carbocycles. The normalized spacial score (nSPS) is 12.4. The van der Waals surface area contributed by atoms with Gasteiger partial charge in [0, 0.05) is 18.3 Å². The van der Waals surface area contributed by atoms with E-state index in [2.05, 4.69) is 9.97 Å². The smallest absolute Gasteiger partial charge is 0.251 e. The molecule has 1 unspecified atom stereocenters. The van der Waals surface area contributed by atoms with Crippen LogP contribution in [0, 0.1) is 5.82 Å². The fraction of sp³-hybridized carbons (Fsp3) is 0.231. The number of benzene rings is 1. The largest absolute Gasteiger partial charge is 0.328 e. The standard InChI is InChI=1S/C13H14FN3OS/c1-8(15)6-9-2-3-11(10(14)7-9)19-13-16-5-4-12(18)17-13/h2-5,7-8H,6,15H2,1H3,(H,16,17,18). The highest BCUT2D eigenvalue weighted by molar-refractivity contribution is 7.99. The van der Waals surface area contributed by atoms with Crippen molar-refractivity contribution in [1.82, 2.24) is 9.97 Å². The predicted molar refractivity (Wildman–Crippen MR) is 72.7 cm³/mol. The molecule has 1 atom stereocenters. The van der Waals surface area contributed by atoms with Gasteiger partial charge in [-0.3, -0.25) is 4.79 Å². The molecule has 0 aliphatic heterocycles. The number of aromatic amines is 1. The number of hydrogen-bond donors (Lipinski definition) is 2. The molecule has 0 bridgehead atoms. The third-order valence-corrected chi connectivity index (χ3v) is 3.36. The first kappa shape index (κ1) is 13.8. The lowest BCUT2D eigenvalue weighted by molar-refractivity contribution is 0.597. The molecule has 19 heavy (non-hydrogen) atoms. The summed E-state index contributed by atoms with van der Waals surface area (Å²) >= 11 is 1.08. The van der Waals surface area contributed by atoms with Crippen LogP contribution in [0.2, 0.25) is 0 Å². The minimum Gasteiger partial charge on any atom is -0.328 e. The summed E-state index contributed by atoms with van der Waals surface area (Å²) in [6, 6.07) is 6.27. The lowest BCUT2D eigenvalue weighted by atomic mass is 10.1. The van der Waals surface area contributed by atoms with E-state index >= 15 is 0 Å². The first-order valence-electron chi connectivity index (χ1n) is 5.82. The maximum Gasteiger partial charge on any atom is 0.251 e. The number of H-pyrrole nitrogens is 1. The first-order valence-corrected chi connectivity index (χ1v) is 6.63. The van der Waals surface area contributed by atoms with Gasteiger partial charge in [0.15, 0.2) is 5.16 Å². The third kappa shape index (κ3) is 3.90. The molecule has 1 heterocycles. The maximum absolute atomic E-state index is 13.9. The van der Waals surface area contributed by atoms with Gasteiger partial charge in [0.1, 0.15) is 5.82 Å². The van der Waals surface area contributed by atoms with E-state index in [-0.39, 0.29) is 17.4 Å². The zero-order chi connectivity index (χ0) is 13.8. The molecule has 0 aliphatic rings. The third-order valence-electron chi connectivity index (χ3n) is 2.41. The van der Waals surface area contributed by atoms with Crippen LogP contribution in [0.1, 0.15) is 12.5 Å². The van der Waals surface area contributed by atoms with Gasteiger partial charge in [0.2, 0.25) is 0 Å². The van der Waals surface area contributed by atoms with Gasteiger partial charge in [0.05, 0.1) is 4.90 Å². The average molecular weight is 279 g/mol. The molecule has 0 fully saturated rings. The molecule has 100 valence electrons. The molecule has 6 heteroatoms. The van der Waals surface area contributed by atoms with Crippen LogP contribution in [0.4, 0.5) is 4.39 Å². The summed E-state index contributed by atoms with van der Waals surface area (Å²) in [6.45, 7) is 1.87. The van der Waals surface area contributed by atoms with Gasteiger partial charge in [-0.25, -0.2) is 9.37 Å². The molecule has 3 N–H and O–H groups in total. The summed E-state index contributed by atoms with van der Waals surface area (Å²) < 4.78 is 13.9. The monoisotopic (exact) mass is 279 g/mol. The molecule has 2 aromatic rings. The average Bonchev–Trinajstić information content (AvgIpc) is 2.32. The molecule has 0 amide bonds. The second kappa shape index (κ2) is 5.99. The fourth-order valence-electron chi connectivity index (χ4n) is 1.63. The van der Waals surface area contributed by atoms with E-state index in [0.717, 1.165) is 17.3 Å². The molecular formula is C13H14FN3OS. The van der Waals surface area contributed by atoms with Gasteiger partial charge in [0.25, 0.3) is 5.56 Å². The van der Waals surface area contributed by atoms with Crippen molar-refractivity contribution in [1.29, 1.82) is 0 Å². The first-order chi connectivity index (χ1) is 9.04. The van der Waals surface area contributed by atoms with Crippen LogP contribution in [-0.2, 0) is 6.42 Å². The maximum atomic E-state index is 13.9. The van der Waals surface area contributed by atoms with Gasteiger partial charge in [-0.2, -0.15) is 0 Å². The van der Waals surface area contributed by atoms with Crippen molar-refractivity contribution in [2.24, 2.45) is 5.73 Å². The Morgan fingerprint density at radius 2 is 2.26 bits per heavy atom. The molecule has 4 nitrogen and oxygen atoms in total. The quantitative estimate of drug-likeness (QED) is 0.839. The summed E-state index contributed by atoms with van der Waals surface area (Å²) in [7, 11) is 0. The van der Waals surface area contributed by atoms with E-state index < -0.39 is 0 Å². The van der Waals surface area contributed by atoms with Crippen LogP contribution in [-0.4, -0.2) is 16.0 Å². The Kier molecular flexibility index (Phi) is 4.34. The summed E-state index contributed by atoms with van der Waals surface area (Å²) in [5.41, 5.74) is 6.27. The van der Waals surface area contributed by atoms with Crippen molar-refractivity contribution >= 4 is 11.8 Å². The van der Waals surface area contributed by atoms with Crippen LogP contribution in [0.3, 0.4) is 0 Å². The molecule has 1 aromatic carbocycles. The Balaban J connectivity index is 2.19. The topological polar surface area (TPSA) is 71.8 Å². The zero-order valence-corrected chi connectivity index (χ0v) is 11.2. The van der Waals surface area contributed by atoms with Gasteiger partial charge in [-0.15, -0.1) is 0 Å². The van der Waals surface area contributed by atoms with E-state index in [9.17, 15) is 9.18 Å². The second-order valence-electron chi connectivity index (χ2n) is 4.29. The molecule has 0 spiro atoms. The van der Waals surface area contributed by atoms with E-state index in [0.29, 0.717) is 16.5 Å². The number of hydrogen-bond acceptors (Lipinski definition) is 4. The van der Waals surface area contributed by atoms with Crippen molar-refractivity contribution < 1.29 is 4.39 Å². The van der Waals surface area contributed by atoms with Crippen molar-refractivity contribution in [3.8, 4) is 0 Å². The Hall–Kier alpha value is -1.66. The molecule has 0 radical (unpaired) electrons. The minimum atomic E-state index is -0.338. The molecular weight excluding hydrogens is 265 g/mol. The number of halogens is 1. The lowest BCUT2D eigenvalue weighted by Crippen LogP contribution is -2.17. The van der Waals surface area contributed by atoms with Crippen molar-refractivity contribution in [3.63, 3.8) is 0 Å². The number of nitrogens with two attached hydrogens (primary N) is 1. The van der Waals surface area contributed by atoms with Crippen LogP contribution in [0.15, 0.2) is 45.3 Å². The molecule has 0 saturated heterocycles. The zero-order valence-electron chi connectivity index (χ0n) is 10.4. The second-order valence-corrected chi connectivity index (χ2v) is 5.32. The Labute approximate surface area is 114 Å². The van der Waals surface area contributed by atoms with Crippen molar-refractivity contribution in [2.45, 2.75) is 29.4 Å². The number of nitrogens with zero attached hydrogens (tertiary/aromatic N) is 1. The molecule has 0 saturated carbocycles. The van der Waals surface area contributed by atoms with Crippen LogP contribution in [0.25, 0.3) is 0 Å². The summed E-state index contributed by atoms with van der Waals surface area (Å²) in [4.78, 5) is 18.1. The van der Waals surface area contributed by atoms with Gasteiger partial charge < -0.3 is 10.7 Å². The van der Waals surface area contributed by atoms with Crippen LogP contribution in [0.5, 0.6) is 0 Å². The SMILES string of the molecule is CC(N)Cc1ccc(Sc2nccc(=O)[nH]2)c(F)c1. The van der Waals surface area contributed by atoms with E-state index in [1.807, 2.05) is 13.0 Å². The molecule has 1 aromatic heterocycles. The van der Waals surface area contributed by atoms with Crippen molar-refractivity contribution in [3.05, 3.63) is 52.2 Å². The lowest BCUT2D eigenvalue weighted by Gasteiger charge is -2.07. The Bertz CT molecular complexity index is 627. The predicted octanol–water partition coefficient (Wildman–Crippen LogP) is 1.95. The fourth-order valence-corrected chi connectivity index (χ4v) is 2.40. The Morgan fingerprint density at radius 3 is 2.89 bits per heavy atom. The highest BCUT2D eigenvalue weighted by Gasteiger charge is 2.08. The summed E-state index contributed by atoms with van der Waals surface area (Å²) in [5.74, 6) is -0.338. The van der Waals surface area contributed by atoms with Crippen LogP contribution >= 0.6 is 11.8 Å². The highest BCUT2D eigenvalue weighted by atomic mass is 32.2. The highest BCUT2D eigenvalue weighted by Crippen LogP contribution is 2.27. The number of rotatable bonds is 4. The van der Waals surface area contributed by atoms with E-state index in [1.165, 1.54) is 18.3 Å². The summed E-state index contributed by atoms with van der Waals surface area (Å²) in [5, 5.41) is 0.367. The molecule has 2 rings (SSSR count). The summed E-state index contributed by atoms with van der Waals surface area (Å²) in [6.07, 6.45) is 2.02. The van der Waals surface area contributed by atoms with Gasteiger partial charge in [-0.05, 0) is 42.8 Å². The number of nitrogens with one attached hydrogen (secondary N) is 1. The minimum absolute atomic E-state index is 0.00921. The van der Waals surface area contributed by atoms with E-state index in [1.54, 1.807) is 6.07 Å². The van der Waals surface area contributed by atoms with Gasteiger partial charge >= 0.3 is 0 Å².